The van der Waals surface area contributed by atoms with Crippen molar-refractivity contribution >= 4 is 11.0 Å². The Morgan fingerprint density at radius 2 is 2.25 bits per heavy atom. The third-order valence-electron chi connectivity index (χ3n) is 1.83. The Balaban J connectivity index is 2.82. The topological polar surface area (TPSA) is 41.6 Å². The maximum atomic E-state index is 8.60. The number of hydrogen-bond donors (Lipinski definition) is 0. The molecule has 0 fully saturated rings. The lowest BCUT2D eigenvalue weighted by Gasteiger charge is -1.94. The number of rotatable bonds is 0. The van der Waals surface area contributed by atoms with Gasteiger partial charge in [0.2, 0.25) is 0 Å². The predicted octanol–water partition coefficient (Wildman–Crippen LogP) is 1.44. The molecule has 0 saturated carbocycles. The molecule has 0 aliphatic carbocycles. The second-order valence-electron chi connectivity index (χ2n) is 2.65. The minimum atomic E-state index is 0.462. The highest BCUT2D eigenvalue weighted by atomic mass is 15.0. The lowest BCUT2D eigenvalue weighted by atomic mass is 10.3. The van der Waals surface area contributed by atoms with Gasteiger partial charge in [0.25, 0.3) is 0 Å². The van der Waals surface area contributed by atoms with Gasteiger partial charge >= 0.3 is 0 Å². The summed E-state index contributed by atoms with van der Waals surface area (Å²) in [4.78, 5) is 4.16. The van der Waals surface area contributed by atoms with E-state index in [0.717, 1.165) is 11.0 Å². The highest BCUT2D eigenvalue weighted by molar-refractivity contribution is 5.76. The number of fused-ring (bicyclic) bond motifs is 1. The van der Waals surface area contributed by atoms with Gasteiger partial charge in [-0.15, -0.1) is 0 Å². The second-order valence-corrected chi connectivity index (χ2v) is 2.65. The largest absolute Gasteiger partial charge is 0.336 e. The zero-order valence-corrected chi connectivity index (χ0v) is 6.65. The first kappa shape index (κ1) is 6.86. The van der Waals surface area contributed by atoms with Crippen LogP contribution in [0.4, 0.5) is 0 Å². The quantitative estimate of drug-likeness (QED) is 0.580. The fourth-order valence-corrected chi connectivity index (χ4v) is 1.20. The maximum absolute atomic E-state index is 8.60. The van der Waals surface area contributed by atoms with Crippen molar-refractivity contribution in [3.8, 4) is 6.07 Å². The number of pyridine rings is 1. The first-order chi connectivity index (χ1) is 5.81. The van der Waals surface area contributed by atoms with Crippen LogP contribution < -0.4 is 0 Å². The van der Waals surface area contributed by atoms with E-state index in [2.05, 4.69) is 4.98 Å². The molecule has 0 radical (unpaired) electrons. The summed E-state index contributed by atoms with van der Waals surface area (Å²) in [6, 6.07) is 7.62. The molecule has 2 rings (SSSR count). The summed E-state index contributed by atoms with van der Waals surface area (Å²) in [7, 11) is 1.91. The standard InChI is InChI=1S/C9H7N3/c1-12-5-4-7-2-3-8(6-10)11-9(7)12/h2-5H,1H3. The van der Waals surface area contributed by atoms with E-state index in [4.69, 9.17) is 5.26 Å². The van der Waals surface area contributed by atoms with Gasteiger partial charge in [0, 0.05) is 18.6 Å². The van der Waals surface area contributed by atoms with E-state index in [1.165, 1.54) is 0 Å². The molecule has 2 heterocycles. The van der Waals surface area contributed by atoms with E-state index in [-0.39, 0.29) is 0 Å². The van der Waals surface area contributed by atoms with Crippen LogP contribution in [0, 0.1) is 11.3 Å². The van der Waals surface area contributed by atoms with Crippen LogP contribution >= 0.6 is 0 Å². The van der Waals surface area contributed by atoms with E-state index in [0.29, 0.717) is 5.69 Å². The summed E-state index contributed by atoms with van der Waals surface area (Å²) in [5, 5.41) is 9.67. The van der Waals surface area contributed by atoms with Crippen molar-refractivity contribution in [2.45, 2.75) is 0 Å². The average Bonchev–Trinajstić information content (AvgIpc) is 2.47. The monoisotopic (exact) mass is 157 g/mol. The zero-order chi connectivity index (χ0) is 8.55. The Morgan fingerprint density at radius 1 is 1.42 bits per heavy atom. The number of nitrogens with zero attached hydrogens (tertiary/aromatic N) is 3. The van der Waals surface area contributed by atoms with Crippen LogP contribution in [-0.2, 0) is 7.05 Å². The van der Waals surface area contributed by atoms with Crippen LogP contribution in [0.1, 0.15) is 5.69 Å². The molecule has 3 heteroatoms. The van der Waals surface area contributed by atoms with Gasteiger partial charge in [0.15, 0.2) is 0 Å². The highest BCUT2D eigenvalue weighted by Gasteiger charge is 1.99. The van der Waals surface area contributed by atoms with Crippen LogP contribution in [0.3, 0.4) is 0 Å². The van der Waals surface area contributed by atoms with Crippen molar-refractivity contribution in [1.82, 2.24) is 9.55 Å². The minimum Gasteiger partial charge on any atom is -0.336 e. The summed E-state index contributed by atoms with van der Waals surface area (Å²) < 4.78 is 1.90. The van der Waals surface area contributed by atoms with E-state index < -0.39 is 0 Å². The van der Waals surface area contributed by atoms with Crippen molar-refractivity contribution in [1.29, 1.82) is 5.26 Å². The summed E-state index contributed by atoms with van der Waals surface area (Å²) in [6.45, 7) is 0. The van der Waals surface area contributed by atoms with E-state index >= 15 is 0 Å². The summed E-state index contributed by atoms with van der Waals surface area (Å²) in [5.74, 6) is 0. The number of hydrogen-bond acceptors (Lipinski definition) is 2. The number of nitriles is 1. The van der Waals surface area contributed by atoms with Crippen molar-refractivity contribution in [2.24, 2.45) is 7.05 Å². The van der Waals surface area contributed by atoms with Gasteiger partial charge in [0.1, 0.15) is 17.4 Å². The molecule has 0 atom stereocenters. The lowest BCUT2D eigenvalue weighted by molar-refractivity contribution is 0.946. The first-order valence-electron chi connectivity index (χ1n) is 3.63. The van der Waals surface area contributed by atoms with Crippen molar-refractivity contribution < 1.29 is 0 Å². The summed E-state index contributed by atoms with van der Waals surface area (Å²) in [5.41, 5.74) is 1.32. The molecule has 2 aromatic heterocycles. The molecule has 0 aliphatic heterocycles. The first-order valence-corrected chi connectivity index (χ1v) is 3.63. The van der Waals surface area contributed by atoms with Crippen LogP contribution in [0.15, 0.2) is 24.4 Å². The van der Waals surface area contributed by atoms with Gasteiger partial charge < -0.3 is 4.57 Å². The SMILES string of the molecule is Cn1ccc2ccc(C#N)nc21. The molecule has 0 saturated heterocycles. The van der Waals surface area contributed by atoms with Crippen molar-refractivity contribution in [3.63, 3.8) is 0 Å². The van der Waals surface area contributed by atoms with Gasteiger partial charge in [-0.25, -0.2) is 4.98 Å². The molecule has 2 aromatic rings. The summed E-state index contributed by atoms with van der Waals surface area (Å²) >= 11 is 0. The van der Waals surface area contributed by atoms with Crippen molar-refractivity contribution in [3.05, 3.63) is 30.1 Å². The van der Waals surface area contributed by atoms with Gasteiger partial charge in [-0.3, -0.25) is 0 Å². The van der Waals surface area contributed by atoms with Gasteiger partial charge in [0.05, 0.1) is 0 Å². The van der Waals surface area contributed by atoms with Crippen molar-refractivity contribution in [2.75, 3.05) is 0 Å². The lowest BCUT2D eigenvalue weighted by Crippen LogP contribution is -1.89. The molecule has 0 amide bonds. The normalized spacial score (nSPS) is 10.0. The molecule has 58 valence electrons. The maximum Gasteiger partial charge on any atom is 0.142 e. The zero-order valence-electron chi connectivity index (χ0n) is 6.65. The Kier molecular flexibility index (Phi) is 1.34. The third kappa shape index (κ3) is 0.857. The highest BCUT2D eigenvalue weighted by Crippen LogP contribution is 2.11. The minimum absolute atomic E-state index is 0.462. The van der Waals surface area contributed by atoms with E-state index in [9.17, 15) is 0 Å². The summed E-state index contributed by atoms with van der Waals surface area (Å²) in [6.07, 6.45) is 1.93. The van der Waals surface area contributed by atoms with Gasteiger partial charge in [-0.05, 0) is 18.2 Å². The van der Waals surface area contributed by atoms with Crippen LogP contribution in [-0.4, -0.2) is 9.55 Å². The van der Waals surface area contributed by atoms with E-state index in [1.807, 2.05) is 36.0 Å². The fraction of sp³-hybridized carbons (Fsp3) is 0.111. The smallest absolute Gasteiger partial charge is 0.142 e. The Hall–Kier alpha value is -1.82. The third-order valence-corrected chi connectivity index (χ3v) is 1.83. The predicted molar refractivity (Wildman–Crippen MR) is 45.4 cm³/mol. The van der Waals surface area contributed by atoms with Crippen LogP contribution in [0.25, 0.3) is 11.0 Å². The molecule has 0 aromatic carbocycles. The Labute approximate surface area is 69.9 Å². The van der Waals surface area contributed by atoms with Crippen LogP contribution in [0.2, 0.25) is 0 Å². The van der Waals surface area contributed by atoms with Crippen LogP contribution in [0.5, 0.6) is 0 Å². The Morgan fingerprint density at radius 3 is 3.00 bits per heavy atom. The molecule has 0 spiro atoms. The fourth-order valence-electron chi connectivity index (χ4n) is 1.20. The molecular weight excluding hydrogens is 150 g/mol. The van der Waals surface area contributed by atoms with Gasteiger partial charge in [-0.1, -0.05) is 0 Å². The second kappa shape index (κ2) is 2.35. The molecule has 12 heavy (non-hydrogen) atoms. The molecule has 0 unspecified atom stereocenters. The number of aryl methyl sites for hydroxylation is 1. The number of aromatic nitrogens is 2. The van der Waals surface area contributed by atoms with Gasteiger partial charge in [-0.2, -0.15) is 5.26 Å². The van der Waals surface area contributed by atoms with E-state index in [1.54, 1.807) is 6.07 Å². The molecular formula is C9H7N3. The molecule has 3 nitrogen and oxygen atoms in total. The average molecular weight is 157 g/mol. The Bertz CT molecular complexity index is 462. The molecule has 0 bridgehead atoms. The molecule has 0 aliphatic rings. The molecule has 0 N–H and O–H groups in total.